The molecule has 20 heavy (non-hydrogen) atoms. The molecule has 3 rings (SSSR count). The number of hydrogen-bond donors (Lipinski definition) is 1. The lowest BCUT2D eigenvalue weighted by Crippen LogP contribution is -2.35. The van der Waals surface area contributed by atoms with Gasteiger partial charge in [0.2, 0.25) is 0 Å². The normalized spacial score (nSPS) is 21.7. The van der Waals surface area contributed by atoms with Gasteiger partial charge in [0.05, 0.1) is 0 Å². The van der Waals surface area contributed by atoms with Gasteiger partial charge in [0.25, 0.3) is 0 Å². The highest BCUT2D eigenvalue weighted by molar-refractivity contribution is 9.10. The van der Waals surface area contributed by atoms with Crippen LogP contribution in [0.5, 0.6) is 0 Å². The van der Waals surface area contributed by atoms with Crippen LogP contribution in [0.15, 0.2) is 10.7 Å². The molecule has 2 saturated carbocycles. The molecule has 1 aromatic heterocycles. The molecule has 1 heterocycles. The predicted octanol–water partition coefficient (Wildman–Crippen LogP) is 4.59. The molecule has 0 spiro atoms. The quantitative estimate of drug-likeness (QED) is 0.783. The van der Waals surface area contributed by atoms with Crippen molar-refractivity contribution in [3.63, 3.8) is 0 Å². The van der Waals surface area contributed by atoms with Crippen molar-refractivity contribution in [2.45, 2.75) is 55.6 Å². The highest BCUT2D eigenvalue weighted by Crippen LogP contribution is 2.40. The Hall–Kier alpha value is -0.290. The molecule has 2 fully saturated rings. The van der Waals surface area contributed by atoms with E-state index in [-0.39, 0.29) is 0 Å². The Bertz CT molecular complexity index is 470. The maximum atomic E-state index is 4.68. The lowest BCUT2D eigenvalue weighted by molar-refractivity contribution is 0.411. The molecule has 1 N–H and O–H groups in total. The molecule has 110 valence electrons. The van der Waals surface area contributed by atoms with E-state index >= 15 is 0 Å². The monoisotopic (exact) mass is 355 g/mol. The second-order valence-corrected chi connectivity index (χ2v) is 8.10. The molecule has 2 aliphatic rings. The van der Waals surface area contributed by atoms with Crippen LogP contribution in [-0.4, -0.2) is 27.5 Å². The third-order valence-electron chi connectivity index (χ3n) is 4.44. The fraction of sp³-hybridized carbons (Fsp3) is 0.733. The van der Waals surface area contributed by atoms with Gasteiger partial charge in [-0.15, -0.1) is 0 Å². The average molecular weight is 356 g/mol. The van der Waals surface area contributed by atoms with Crippen molar-refractivity contribution in [2.24, 2.45) is 0 Å². The minimum absolute atomic E-state index is 0.398. The number of nitrogens with one attached hydrogen (secondary N) is 1. The van der Waals surface area contributed by atoms with E-state index in [1.165, 1.54) is 44.9 Å². The average Bonchev–Trinajstić information content (AvgIpc) is 3.30. The lowest BCUT2D eigenvalue weighted by atomic mass is 9.88. The Kier molecular flexibility index (Phi) is 4.55. The van der Waals surface area contributed by atoms with Crippen molar-refractivity contribution in [2.75, 3.05) is 18.1 Å². The fourth-order valence-corrected chi connectivity index (χ4v) is 4.26. The van der Waals surface area contributed by atoms with E-state index in [2.05, 4.69) is 37.5 Å². The second kappa shape index (κ2) is 6.22. The largest absolute Gasteiger partial charge is 0.369 e. The zero-order valence-corrected chi connectivity index (χ0v) is 14.4. The van der Waals surface area contributed by atoms with Gasteiger partial charge in [-0.05, 0) is 47.9 Å². The number of rotatable bonds is 5. The maximum absolute atomic E-state index is 4.68. The predicted molar refractivity (Wildman–Crippen MR) is 89.5 cm³/mol. The maximum Gasteiger partial charge on any atom is 0.135 e. The molecule has 2 aliphatic carbocycles. The summed E-state index contributed by atoms with van der Waals surface area (Å²) in [6.07, 6.45) is 11.5. The molecular formula is C15H22BrN3S. The van der Waals surface area contributed by atoms with Crippen LogP contribution in [0.4, 0.5) is 5.82 Å². The van der Waals surface area contributed by atoms with Gasteiger partial charge in [-0.25, -0.2) is 9.97 Å². The third kappa shape index (κ3) is 3.48. The minimum Gasteiger partial charge on any atom is -0.369 e. The smallest absolute Gasteiger partial charge is 0.135 e. The van der Waals surface area contributed by atoms with Crippen molar-refractivity contribution >= 4 is 33.5 Å². The molecule has 0 bridgehead atoms. The Morgan fingerprint density at radius 3 is 2.70 bits per heavy atom. The summed E-state index contributed by atoms with van der Waals surface area (Å²) in [5, 5.41) is 3.57. The Morgan fingerprint density at radius 1 is 1.30 bits per heavy atom. The van der Waals surface area contributed by atoms with E-state index < -0.39 is 0 Å². The van der Waals surface area contributed by atoms with Crippen molar-refractivity contribution < 1.29 is 0 Å². The minimum atomic E-state index is 0.398. The fourth-order valence-electron chi connectivity index (χ4n) is 2.95. The molecule has 3 nitrogen and oxygen atoms in total. The Balaban J connectivity index is 1.67. The third-order valence-corrected chi connectivity index (χ3v) is 6.27. The Labute approximate surface area is 133 Å². The Morgan fingerprint density at radius 2 is 2.05 bits per heavy atom. The topological polar surface area (TPSA) is 37.8 Å². The van der Waals surface area contributed by atoms with Gasteiger partial charge in [0.15, 0.2) is 0 Å². The van der Waals surface area contributed by atoms with Gasteiger partial charge >= 0.3 is 0 Å². The zero-order chi connectivity index (χ0) is 14.0. The van der Waals surface area contributed by atoms with Crippen LogP contribution in [0.25, 0.3) is 0 Å². The van der Waals surface area contributed by atoms with Crippen LogP contribution in [0.1, 0.15) is 56.7 Å². The molecular weight excluding hydrogens is 334 g/mol. The first-order valence-corrected chi connectivity index (χ1v) is 9.56. The summed E-state index contributed by atoms with van der Waals surface area (Å²) in [4.78, 5) is 9.17. The van der Waals surface area contributed by atoms with Gasteiger partial charge in [-0.3, -0.25) is 0 Å². The van der Waals surface area contributed by atoms with Crippen LogP contribution in [0.2, 0.25) is 0 Å². The number of nitrogens with zero attached hydrogens (tertiary/aromatic N) is 2. The SMILES string of the molecule is CSC1(CNc2cc(Br)nc(C3CC3)n2)CCCCC1. The molecule has 0 atom stereocenters. The van der Waals surface area contributed by atoms with E-state index in [0.29, 0.717) is 10.7 Å². The molecule has 0 aromatic carbocycles. The van der Waals surface area contributed by atoms with Crippen molar-refractivity contribution in [3.8, 4) is 0 Å². The number of anilines is 1. The number of aromatic nitrogens is 2. The molecule has 0 aliphatic heterocycles. The van der Waals surface area contributed by atoms with Crippen molar-refractivity contribution in [1.82, 2.24) is 9.97 Å². The molecule has 0 radical (unpaired) electrons. The van der Waals surface area contributed by atoms with Gasteiger partial charge in [0.1, 0.15) is 16.2 Å². The first kappa shape index (κ1) is 14.6. The summed E-state index contributed by atoms with van der Waals surface area (Å²) in [6.45, 7) is 1.02. The van der Waals surface area contributed by atoms with Crippen LogP contribution in [0, 0.1) is 0 Å². The first-order chi connectivity index (χ1) is 9.71. The van der Waals surface area contributed by atoms with E-state index in [0.717, 1.165) is 22.8 Å². The molecule has 0 amide bonds. The van der Waals surface area contributed by atoms with Crippen molar-refractivity contribution in [1.29, 1.82) is 0 Å². The van der Waals surface area contributed by atoms with E-state index in [1.54, 1.807) is 0 Å². The summed E-state index contributed by atoms with van der Waals surface area (Å²) in [5.41, 5.74) is 0. The van der Waals surface area contributed by atoms with Gasteiger partial charge in [0, 0.05) is 23.3 Å². The van der Waals surface area contributed by atoms with Gasteiger partial charge < -0.3 is 5.32 Å². The summed E-state index contributed by atoms with van der Waals surface area (Å²) in [5.74, 6) is 2.58. The molecule has 1 aromatic rings. The van der Waals surface area contributed by atoms with Crippen LogP contribution < -0.4 is 5.32 Å². The first-order valence-electron chi connectivity index (χ1n) is 7.54. The van der Waals surface area contributed by atoms with Crippen LogP contribution >= 0.6 is 27.7 Å². The van der Waals surface area contributed by atoms with Crippen LogP contribution in [0.3, 0.4) is 0 Å². The van der Waals surface area contributed by atoms with E-state index in [1.807, 2.05) is 17.8 Å². The van der Waals surface area contributed by atoms with Gasteiger partial charge in [-0.2, -0.15) is 11.8 Å². The summed E-state index contributed by atoms with van der Waals surface area (Å²) in [6, 6.07) is 2.00. The van der Waals surface area contributed by atoms with Gasteiger partial charge in [-0.1, -0.05) is 19.3 Å². The number of thioether (sulfide) groups is 1. The lowest BCUT2D eigenvalue weighted by Gasteiger charge is -2.36. The standard InChI is InChI=1S/C15H22BrN3S/c1-20-15(7-3-2-4-8-15)10-17-13-9-12(16)18-14(19-13)11-5-6-11/h9,11H,2-8,10H2,1H3,(H,17,18,19). The molecule has 0 unspecified atom stereocenters. The highest BCUT2D eigenvalue weighted by atomic mass is 79.9. The van der Waals surface area contributed by atoms with Crippen molar-refractivity contribution in [3.05, 3.63) is 16.5 Å². The van der Waals surface area contributed by atoms with E-state index in [9.17, 15) is 0 Å². The highest BCUT2D eigenvalue weighted by Gasteiger charge is 2.31. The molecule has 5 heteroatoms. The number of hydrogen-bond acceptors (Lipinski definition) is 4. The van der Waals surface area contributed by atoms with E-state index in [4.69, 9.17) is 0 Å². The zero-order valence-electron chi connectivity index (χ0n) is 12.0. The second-order valence-electron chi connectivity index (χ2n) is 6.01. The summed E-state index contributed by atoms with van der Waals surface area (Å²) in [7, 11) is 0. The van der Waals surface area contributed by atoms with Crippen LogP contribution in [-0.2, 0) is 0 Å². The summed E-state index contributed by atoms with van der Waals surface area (Å²) < 4.78 is 1.30. The molecule has 0 saturated heterocycles. The number of halogens is 1. The summed E-state index contributed by atoms with van der Waals surface area (Å²) >= 11 is 5.53.